The van der Waals surface area contributed by atoms with Crippen LogP contribution >= 0.6 is 0 Å². The molecule has 0 aliphatic carbocycles. The van der Waals surface area contributed by atoms with Crippen LogP contribution < -0.4 is 5.32 Å². The highest BCUT2D eigenvalue weighted by molar-refractivity contribution is 4.77. The molecule has 0 spiro atoms. The highest BCUT2D eigenvalue weighted by atomic mass is 16.5. The van der Waals surface area contributed by atoms with Gasteiger partial charge in [0.05, 0.1) is 0 Å². The Hall–Kier alpha value is -0.0800. The van der Waals surface area contributed by atoms with Crippen molar-refractivity contribution in [2.75, 3.05) is 26.3 Å². The van der Waals surface area contributed by atoms with Crippen LogP contribution in [0.15, 0.2) is 0 Å². The molecule has 64 valence electrons. The van der Waals surface area contributed by atoms with Crippen molar-refractivity contribution in [3.63, 3.8) is 0 Å². The van der Waals surface area contributed by atoms with E-state index in [9.17, 15) is 0 Å². The van der Waals surface area contributed by atoms with Gasteiger partial charge in [-0.2, -0.15) is 0 Å². The first kappa shape index (κ1) is 7.56. The molecule has 2 aliphatic heterocycles. The predicted octanol–water partition coefficient (Wildman–Crippen LogP) is 1.02. The Kier molecular flexibility index (Phi) is 2.44. The second kappa shape index (κ2) is 3.55. The van der Waals surface area contributed by atoms with E-state index in [-0.39, 0.29) is 0 Å². The Labute approximate surface area is 68.3 Å². The van der Waals surface area contributed by atoms with Gasteiger partial charge in [0.2, 0.25) is 0 Å². The van der Waals surface area contributed by atoms with Crippen molar-refractivity contribution in [1.82, 2.24) is 5.32 Å². The van der Waals surface area contributed by atoms with E-state index < -0.39 is 0 Å². The van der Waals surface area contributed by atoms with Gasteiger partial charge in [0.15, 0.2) is 0 Å². The van der Waals surface area contributed by atoms with E-state index in [0.717, 1.165) is 25.0 Å². The topological polar surface area (TPSA) is 21.3 Å². The van der Waals surface area contributed by atoms with Gasteiger partial charge in [-0.05, 0) is 44.2 Å². The van der Waals surface area contributed by atoms with Gasteiger partial charge in [-0.1, -0.05) is 0 Å². The Morgan fingerprint density at radius 2 is 1.82 bits per heavy atom. The second-order valence-corrected chi connectivity index (χ2v) is 3.71. The summed E-state index contributed by atoms with van der Waals surface area (Å²) in [6.45, 7) is 4.49. The van der Waals surface area contributed by atoms with Gasteiger partial charge in [-0.3, -0.25) is 0 Å². The summed E-state index contributed by atoms with van der Waals surface area (Å²) in [6.07, 6.45) is 4.05. The highest BCUT2D eigenvalue weighted by Gasteiger charge is 2.26. The van der Waals surface area contributed by atoms with Crippen LogP contribution in [0.3, 0.4) is 0 Å². The standard InChI is InChI=1S/C9H17NO/c1-4-10-5-2-8(1)9-3-6-11-7-9/h8-10H,1-7H2/t9-/m1/s1. The summed E-state index contributed by atoms with van der Waals surface area (Å²) in [5.41, 5.74) is 0. The van der Waals surface area contributed by atoms with Crippen molar-refractivity contribution in [3.05, 3.63) is 0 Å². The minimum atomic E-state index is 0.886. The molecule has 11 heavy (non-hydrogen) atoms. The van der Waals surface area contributed by atoms with E-state index in [1.807, 2.05) is 0 Å². The number of piperidine rings is 1. The van der Waals surface area contributed by atoms with Gasteiger partial charge >= 0.3 is 0 Å². The Morgan fingerprint density at radius 1 is 1.00 bits per heavy atom. The lowest BCUT2D eigenvalue weighted by Gasteiger charge is -2.26. The number of nitrogens with one attached hydrogen (secondary N) is 1. The molecule has 2 aliphatic rings. The molecule has 0 aromatic heterocycles. The molecular formula is C9H17NO. The molecule has 2 heteroatoms. The molecule has 2 saturated heterocycles. The molecule has 2 fully saturated rings. The van der Waals surface area contributed by atoms with Crippen LogP contribution in [0.1, 0.15) is 19.3 Å². The maximum Gasteiger partial charge on any atom is 0.0497 e. The summed E-state index contributed by atoms with van der Waals surface area (Å²) >= 11 is 0. The summed E-state index contributed by atoms with van der Waals surface area (Å²) in [7, 11) is 0. The maximum absolute atomic E-state index is 5.39. The van der Waals surface area contributed by atoms with Crippen LogP contribution in [0, 0.1) is 11.8 Å². The smallest absolute Gasteiger partial charge is 0.0497 e. The van der Waals surface area contributed by atoms with E-state index in [1.165, 1.54) is 32.4 Å². The third kappa shape index (κ3) is 1.74. The number of hydrogen-bond donors (Lipinski definition) is 1. The molecule has 2 heterocycles. The normalized spacial score (nSPS) is 34.4. The van der Waals surface area contributed by atoms with Crippen molar-refractivity contribution < 1.29 is 4.74 Å². The third-order valence-electron chi connectivity index (χ3n) is 3.02. The summed E-state index contributed by atoms with van der Waals surface area (Å²) < 4.78 is 5.39. The monoisotopic (exact) mass is 155 g/mol. The van der Waals surface area contributed by atoms with Crippen LogP contribution in [0.2, 0.25) is 0 Å². The molecule has 2 rings (SSSR count). The van der Waals surface area contributed by atoms with Crippen molar-refractivity contribution in [1.29, 1.82) is 0 Å². The Bertz CT molecular complexity index is 115. The molecule has 0 saturated carbocycles. The van der Waals surface area contributed by atoms with Crippen molar-refractivity contribution in [2.24, 2.45) is 11.8 Å². The summed E-state index contributed by atoms with van der Waals surface area (Å²) in [5.74, 6) is 1.84. The fraction of sp³-hybridized carbons (Fsp3) is 1.00. The third-order valence-corrected chi connectivity index (χ3v) is 3.02. The molecule has 0 radical (unpaired) electrons. The van der Waals surface area contributed by atoms with Gasteiger partial charge in [0.1, 0.15) is 0 Å². The maximum atomic E-state index is 5.39. The molecule has 0 amide bonds. The van der Waals surface area contributed by atoms with Crippen LogP contribution in [0.5, 0.6) is 0 Å². The van der Waals surface area contributed by atoms with Gasteiger partial charge in [0.25, 0.3) is 0 Å². The van der Waals surface area contributed by atoms with Crippen molar-refractivity contribution in [2.45, 2.75) is 19.3 Å². The predicted molar refractivity (Wildman–Crippen MR) is 44.5 cm³/mol. The zero-order valence-corrected chi connectivity index (χ0v) is 7.01. The molecule has 0 bridgehead atoms. The zero-order chi connectivity index (χ0) is 7.52. The van der Waals surface area contributed by atoms with Gasteiger partial charge < -0.3 is 10.1 Å². The molecule has 1 atom stereocenters. The zero-order valence-electron chi connectivity index (χ0n) is 7.01. The van der Waals surface area contributed by atoms with Gasteiger partial charge in [-0.25, -0.2) is 0 Å². The van der Waals surface area contributed by atoms with Gasteiger partial charge in [0, 0.05) is 13.2 Å². The molecule has 0 aromatic rings. The van der Waals surface area contributed by atoms with Crippen LogP contribution in [0.25, 0.3) is 0 Å². The first-order valence-electron chi connectivity index (χ1n) is 4.75. The van der Waals surface area contributed by atoms with E-state index >= 15 is 0 Å². The minimum Gasteiger partial charge on any atom is -0.381 e. The minimum absolute atomic E-state index is 0.886. The average molecular weight is 155 g/mol. The van der Waals surface area contributed by atoms with E-state index in [0.29, 0.717) is 0 Å². The SMILES string of the molecule is C1CC([C@@H]2CCOC2)CCN1. The average Bonchev–Trinajstić information content (AvgIpc) is 2.58. The number of ether oxygens (including phenoxy) is 1. The largest absolute Gasteiger partial charge is 0.381 e. The lowest BCUT2D eigenvalue weighted by molar-refractivity contribution is 0.162. The van der Waals surface area contributed by atoms with E-state index in [1.54, 1.807) is 0 Å². The quantitative estimate of drug-likeness (QED) is 0.610. The molecule has 1 N–H and O–H groups in total. The van der Waals surface area contributed by atoms with Crippen LogP contribution in [-0.4, -0.2) is 26.3 Å². The fourth-order valence-electron chi connectivity index (χ4n) is 2.24. The van der Waals surface area contributed by atoms with E-state index in [2.05, 4.69) is 5.32 Å². The summed E-state index contributed by atoms with van der Waals surface area (Å²) in [5, 5.41) is 3.40. The second-order valence-electron chi connectivity index (χ2n) is 3.71. The summed E-state index contributed by atoms with van der Waals surface area (Å²) in [6, 6.07) is 0. The lowest BCUT2D eigenvalue weighted by atomic mass is 9.84. The number of hydrogen-bond acceptors (Lipinski definition) is 2. The van der Waals surface area contributed by atoms with Crippen LogP contribution in [-0.2, 0) is 4.74 Å². The van der Waals surface area contributed by atoms with Crippen LogP contribution in [0.4, 0.5) is 0 Å². The highest BCUT2D eigenvalue weighted by Crippen LogP contribution is 2.28. The first-order valence-corrected chi connectivity index (χ1v) is 4.75. The fourth-order valence-corrected chi connectivity index (χ4v) is 2.24. The first-order chi connectivity index (χ1) is 5.47. The lowest BCUT2D eigenvalue weighted by Crippen LogP contribution is -2.31. The summed E-state index contributed by atoms with van der Waals surface area (Å²) in [4.78, 5) is 0. The molecule has 0 aromatic carbocycles. The molecule has 2 nitrogen and oxygen atoms in total. The Morgan fingerprint density at radius 3 is 2.45 bits per heavy atom. The van der Waals surface area contributed by atoms with Crippen molar-refractivity contribution >= 4 is 0 Å². The molecular weight excluding hydrogens is 138 g/mol. The van der Waals surface area contributed by atoms with Crippen molar-refractivity contribution in [3.8, 4) is 0 Å². The van der Waals surface area contributed by atoms with Gasteiger partial charge in [-0.15, -0.1) is 0 Å². The molecule has 0 unspecified atom stereocenters. The Balaban J connectivity index is 1.82. The number of rotatable bonds is 1. The van der Waals surface area contributed by atoms with E-state index in [4.69, 9.17) is 4.74 Å².